The molecule has 0 atom stereocenters. The summed E-state index contributed by atoms with van der Waals surface area (Å²) in [6.45, 7) is 7.77. The first kappa shape index (κ1) is 20.4. The standard InChI is InChI=1S/C21H31N3O2S/c1-21(2,3)17-10-8-16(9-11-17)19-22-23-20(27-15-14-26-13-12-25)24(19)18-6-4-5-7-18/h8-11,18,25H,4-7,12-15H2,1-3H3. The van der Waals surface area contributed by atoms with Gasteiger partial charge in [0.05, 0.1) is 19.8 Å². The van der Waals surface area contributed by atoms with Gasteiger partial charge in [-0.1, -0.05) is 69.6 Å². The first-order valence-corrected chi connectivity index (χ1v) is 10.9. The molecular formula is C21H31N3O2S. The highest BCUT2D eigenvalue weighted by atomic mass is 32.2. The molecule has 0 bridgehead atoms. The lowest BCUT2D eigenvalue weighted by atomic mass is 9.86. The average molecular weight is 390 g/mol. The molecule has 1 heterocycles. The lowest BCUT2D eigenvalue weighted by Crippen LogP contribution is -2.11. The van der Waals surface area contributed by atoms with Crippen LogP contribution >= 0.6 is 11.8 Å². The molecule has 6 heteroatoms. The van der Waals surface area contributed by atoms with Crippen LogP contribution < -0.4 is 0 Å². The molecule has 0 spiro atoms. The van der Waals surface area contributed by atoms with Gasteiger partial charge < -0.3 is 9.84 Å². The number of aliphatic hydroxyl groups is 1. The molecule has 1 N–H and O–H groups in total. The first-order valence-electron chi connectivity index (χ1n) is 9.88. The molecule has 1 aromatic carbocycles. The summed E-state index contributed by atoms with van der Waals surface area (Å²) in [6, 6.07) is 9.25. The minimum atomic E-state index is 0.0671. The zero-order chi connectivity index (χ0) is 19.3. The summed E-state index contributed by atoms with van der Waals surface area (Å²) in [4.78, 5) is 0. The van der Waals surface area contributed by atoms with Crippen molar-refractivity contribution in [2.45, 2.75) is 63.1 Å². The highest BCUT2D eigenvalue weighted by Crippen LogP contribution is 2.37. The Balaban J connectivity index is 1.82. The van der Waals surface area contributed by atoms with Crippen molar-refractivity contribution < 1.29 is 9.84 Å². The SMILES string of the molecule is CC(C)(C)c1ccc(-c2nnc(SCCOCCO)n2C2CCCC2)cc1. The van der Waals surface area contributed by atoms with Crippen molar-refractivity contribution in [3.8, 4) is 11.4 Å². The molecule has 0 radical (unpaired) electrons. The minimum absolute atomic E-state index is 0.0671. The molecular weight excluding hydrogens is 358 g/mol. The van der Waals surface area contributed by atoms with E-state index in [-0.39, 0.29) is 12.0 Å². The third kappa shape index (κ3) is 5.12. The Labute approximate surface area is 166 Å². The third-order valence-electron chi connectivity index (χ3n) is 5.06. The van der Waals surface area contributed by atoms with Crippen LogP contribution in [0.15, 0.2) is 29.4 Å². The maximum absolute atomic E-state index is 8.81. The van der Waals surface area contributed by atoms with E-state index in [1.165, 1.54) is 31.2 Å². The van der Waals surface area contributed by atoms with Crippen LogP contribution in [0, 0.1) is 0 Å². The van der Waals surface area contributed by atoms with Crippen LogP contribution in [0.25, 0.3) is 11.4 Å². The maximum atomic E-state index is 8.81. The van der Waals surface area contributed by atoms with Gasteiger partial charge in [0.1, 0.15) is 0 Å². The third-order valence-corrected chi connectivity index (χ3v) is 5.97. The topological polar surface area (TPSA) is 60.2 Å². The molecule has 1 aliphatic rings. The number of rotatable bonds is 8. The van der Waals surface area contributed by atoms with E-state index in [9.17, 15) is 0 Å². The molecule has 0 aliphatic heterocycles. The highest BCUT2D eigenvalue weighted by molar-refractivity contribution is 7.99. The molecule has 27 heavy (non-hydrogen) atoms. The Kier molecular flexibility index (Phi) is 6.95. The molecule has 1 aliphatic carbocycles. The summed E-state index contributed by atoms with van der Waals surface area (Å²) in [6.07, 6.45) is 4.93. The smallest absolute Gasteiger partial charge is 0.191 e. The van der Waals surface area contributed by atoms with Crippen molar-refractivity contribution in [2.24, 2.45) is 0 Å². The summed E-state index contributed by atoms with van der Waals surface area (Å²) in [5.41, 5.74) is 2.60. The molecule has 0 amide bonds. The average Bonchev–Trinajstić information content (AvgIpc) is 3.30. The van der Waals surface area contributed by atoms with Crippen LogP contribution in [0.5, 0.6) is 0 Å². The number of nitrogens with zero attached hydrogens (tertiary/aromatic N) is 3. The Morgan fingerprint density at radius 3 is 2.44 bits per heavy atom. The van der Waals surface area contributed by atoms with Crippen LogP contribution in [0.2, 0.25) is 0 Å². The van der Waals surface area contributed by atoms with Crippen molar-refractivity contribution in [2.75, 3.05) is 25.6 Å². The fourth-order valence-corrected chi connectivity index (χ4v) is 4.40. The van der Waals surface area contributed by atoms with Gasteiger partial charge in [-0.05, 0) is 23.8 Å². The van der Waals surface area contributed by atoms with Gasteiger partial charge in [0.25, 0.3) is 0 Å². The number of thioether (sulfide) groups is 1. The van der Waals surface area contributed by atoms with Gasteiger partial charge in [0.15, 0.2) is 11.0 Å². The number of aromatic nitrogens is 3. The Morgan fingerprint density at radius 2 is 1.81 bits per heavy atom. The molecule has 0 saturated heterocycles. The quantitative estimate of drug-likeness (QED) is 0.533. The van der Waals surface area contributed by atoms with Crippen molar-refractivity contribution in [1.29, 1.82) is 0 Å². The summed E-state index contributed by atoms with van der Waals surface area (Å²) >= 11 is 1.69. The van der Waals surface area contributed by atoms with Gasteiger partial charge in [0.2, 0.25) is 0 Å². The summed E-state index contributed by atoms with van der Waals surface area (Å²) in [5, 5.41) is 18.8. The molecule has 148 valence electrons. The fourth-order valence-electron chi connectivity index (χ4n) is 3.54. The van der Waals surface area contributed by atoms with Gasteiger partial charge in [-0.25, -0.2) is 0 Å². The largest absolute Gasteiger partial charge is 0.394 e. The van der Waals surface area contributed by atoms with E-state index >= 15 is 0 Å². The summed E-state index contributed by atoms with van der Waals surface area (Å²) in [7, 11) is 0. The van der Waals surface area contributed by atoms with Crippen molar-refractivity contribution in [1.82, 2.24) is 14.8 Å². The predicted molar refractivity (Wildman–Crippen MR) is 110 cm³/mol. The molecule has 5 nitrogen and oxygen atoms in total. The van der Waals surface area contributed by atoms with Crippen molar-refractivity contribution in [3.05, 3.63) is 29.8 Å². The molecule has 0 unspecified atom stereocenters. The van der Waals surface area contributed by atoms with E-state index in [1.807, 2.05) is 0 Å². The number of ether oxygens (including phenoxy) is 1. The lowest BCUT2D eigenvalue weighted by Gasteiger charge is -2.20. The van der Waals surface area contributed by atoms with Gasteiger partial charge in [-0.2, -0.15) is 0 Å². The normalized spacial score (nSPS) is 15.6. The number of aliphatic hydroxyl groups excluding tert-OH is 1. The zero-order valence-electron chi connectivity index (χ0n) is 16.6. The second-order valence-corrected chi connectivity index (χ2v) is 9.19. The van der Waals surface area contributed by atoms with Crippen LogP contribution in [0.3, 0.4) is 0 Å². The predicted octanol–water partition coefficient (Wildman–Crippen LogP) is 4.46. The van der Waals surface area contributed by atoms with E-state index in [0.29, 0.717) is 19.3 Å². The van der Waals surface area contributed by atoms with Gasteiger partial charge in [0, 0.05) is 17.4 Å². The van der Waals surface area contributed by atoms with E-state index in [4.69, 9.17) is 9.84 Å². The first-order chi connectivity index (χ1) is 13.0. The van der Waals surface area contributed by atoms with E-state index in [2.05, 4.69) is 59.8 Å². The van der Waals surface area contributed by atoms with Gasteiger partial charge in [-0.3, -0.25) is 4.57 Å². The lowest BCUT2D eigenvalue weighted by molar-refractivity contribution is 0.103. The molecule has 1 saturated carbocycles. The molecule has 3 rings (SSSR count). The molecule has 1 fully saturated rings. The summed E-state index contributed by atoms with van der Waals surface area (Å²) < 4.78 is 7.72. The Hall–Kier alpha value is -1.37. The van der Waals surface area contributed by atoms with Gasteiger partial charge >= 0.3 is 0 Å². The monoisotopic (exact) mass is 389 g/mol. The number of hydrogen-bond donors (Lipinski definition) is 1. The molecule has 2 aromatic rings. The van der Waals surface area contributed by atoms with Crippen LogP contribution in [-0.2, 0) is 10.2 Å². The molecule has 1 aromatic heterocycles. The van der Waals surface area contributed by atoms with E-state index in [1.54, 1.807) is 11.8 Å². The Bertz CT molecular complexity index is 716. The van der Waals surface area contributed by atoms with Crippen molar-refractivity contribution in [3.63, 3.8) is 0 Å². The Morgan fingerprint density at radius 1 is 1.11 bits per heavy atom. The second kappa shape index (κ2) is 9.22. The second-order valence-electron chi connectivity index (χ2n) is 8.13. The van der Waals surface area contributed by atoms with Gasteiger partial charge in [-0.15, -0.1) is 10.2 Å². The van der Waals surface area contributed by atoms with Crippen LogP contribution in [0.1, 0.15) is 58.1 Å². The van der Waals surface area contributed by atoms with E-state index < -0.39 is 0 Å². The highest BCUT2D eigenvalue weighted by Gasteiger charge is 2.25. The minimum Gasteiger partial charge on any atom is -0.394 e. The fraction of sp³-hybridized carbons (Fsp3) is 0.619. The van der Waals surface area contributed by atoms with Crippen molar-refractivity contribution >= 4 is 11.8 Å². The maximum Gasteiger partial charge on any atom is 0.191 e. The zero-order valence-corrected chi connectivity index (χ0v) is 17.5. The number of benzene rings is 1. The van der Waals surface area contributed by atoms with E-state index in [0.717, 1.165) is 22.3 Å². The number of hydrogen-bond acceptors (Lipinski definition) is 5. The summed E-state index contributed by atoms with van der Waals surface area (Å²) in [5.74, 6) is 1.79. The van der Waals surface area contributed by atoms with Crippen LogP contribution in [-0.4, -0.2) is 45.4 Å². The van der Waals surface area contributed by atoms with Crippen LogP contribution in [0.4, 0.5) is 0 Å².